The molecular weight excluding hydrogens is 338 g/mol. The van der Waals surface area contributed by atoms with Crippen LogP contribution in [-0.2, 0) is 0 Å². The van der Waals surface area contributed by atoms with Gasteiger partial charge in [-0.15, -0.1) is 0 Å². The standard InChI is InChI=1S/C21H27N5O/c1-20(2,3)12-21(4,5)25-19-17(14-7-9-15(27-6)10-8-14)24-18-16(11-22)23-13-26(18)19/h7-10,13,24-25H,12H2,1-6H3. The molecule has 1 aromatic carbocycles. The summed E-state index contributed by atoms with van der Waals surface area (Å²) in [6.45, 7) is 11.1. The molecule has 6 nitrogen and oxygen atoms in total. The lowest BCUT2D eigenvalue weighted by Crippen LogP contribution is -2.36. The maximum absolute atomic E-state index is 9.37. The van der Waals surface area contributed by atoms with Gasteiger partial charge in [-0.2, -0.15) is 5.26 Å². The zero-order valence-electron chi connectivity index (χ0n) is 16.8. The number of nitriles is 1. The van der Waals surface area contributed by atoms with Crippen LogP contribution in [0.2, 0.25) is 0 Å². The minimum Gasteiger partial charge on any atom is -0.497 e. The van der Waals surface area contributed by atoms with Gasteiger partial charge in [-0.05, 0) is 49.9 Å². The average Bonchev–Trinajstić information content (AvgIpc) is 3.12. The Bertz CT molecular complexity index is 981. The first kappa shape index (κ1) is 18.8. The molecular formula is C21H27N5O. The minimum atomic E-state index is -0.147. The summed E-state index contributed by atoms with van der Waals surface area (Å²) >= 11 is 0. The quantitative estimate of drug-likeness (QED) is 0.678. The number of fused-ring (bicyclic) bond motifs is 1. The maximum Gasteiger partial charge on any atom is 0.183 e. The highest BCUT2D eigenvalue weighted by molar-refractivity contribution is 5.78. The number of aromatic nitrogens is 3. The van der Waals surface area contributed by atoms with Gasteiger partial charge in [0.2, 0.25) is 0 Å². The fourth-order valence-electron chi connectivity index (χ4n) is 3.80. The number of methoxy groups -OCH3 is 1. The molecule has 0 aliphatic carbocycles. The summed E-state index contributed by atoms with van der Waals surface area (Å²) in [6.07, 6.45) is 2.67. The number of ether oxygens (including phenoxy) is 1. The van der Waals surface area contributed by atoms with E-state index in [-0.39, 0.29) is 11.0 Å². The minimum absolute atomic E-state index is 0.147. The van der Waals surface area contributed by atoms with Gasteiger partial charge < -0.3 is 15.0 Å². The van der Waals surface area contributed by atoms with E-state index in [1.807, 2.05) is 28.7 Å². The molecule has 6 heteroatoms. The van der Waals surface area contributed by atoms with Gasteiger partial charge in [-0.1, -0.05) is 20.8 Å². The predicted octanol–water partition coefficient (Wildman–Crippen LogP) is 4.84. The van der Waals surface area contributed by atoms with E-state index in [0.717, 1.165) is 29.2 Å². The van der Waals surface area contributed by atoms with Crippen molar-refractivity contribution < 1.29 is 4.74 Å². The Morgan fingerprint density at radius 3 is 2.41 bits per heavy atom. The highest BCUT2D eigenvalue weighted by atomic mass is 16.5. The molecule has 2 heterocycles. The molecule has 142 valence electrons. The number of aromatic amines is 1. The van der Waals surface area contributed by atoms with Crippen LogP contribution in [0.3, 0.4) is 0 Å². The van der Waals surface area contributed by atoms with Crippen LogP contribution in [0.5, 0.6) is 5.75 Å². The second-order valence-electron chi connectivity index (χ2n) is 8.75. The molecule has 2 aromatic heterocycles. The summed E-state index contributed by atoms with van der Waals surface area (Å²) in [6, 6.07) is 10.0. The summed E-state index contributed by atoms with van der Waals surface area (Å²) < 4.78 is 7.19. The number of benzene rings is 1. The van der Waals surface area contributed by atoms with Crippen molar-refractivity contribution in [2.45, 2.75) is 46.6 Å². The number of imidazole rings is 2. The van der Waals surface area contributed by atoms with Gasteiger partial charge in [-0.25, -0.2) is 4.98 Å². The number of rotatable bonds is 5. The Morgan fingerprint density at radius 1 is 1.19 bits per heavy atom. The van der Waals surface area contributed by atoms with Crippen LogP contribution in [0.4, 0.5) is 5.82 Å². The molecule has 0 fully saturated rings. The van der Waals surface area contributed by atoms with Crippen LogP contribution < -0.4 is 10.1 Å². The summed E-state index contributed by atoms with van der Waals surface area (Å²) in [5.74, 6) is 1.71. The molecule has 0 unspecified atom stereocenters. The third-order valence-electron chi connectivity index (χ3n) is 4.40. The van der Waals surface area contributed by atoms with Gasteiger partial charge in [0.05, 0.1) is 12.8 Å². The molecule has 3 aromatic rings. The van der Waals surface area contributed by atoms with Crippen molar-refractivity contribution in [1.29, 1.82) is 5.26 Å². The van der Waals surface area contributed by atoms with E-state index in [1.54, 1.807) is 13.4 Å². The van der Waals surface area contributed by atoms with Gasteiger partial charge in [0.15, 0.2) is 11.3 Å². The van der Waals surface area contributed by atoms with Crippen LogP contribution in [0, 0.1) is 16.7 Å². The lowest BCUT2D eigenvalue weighted by atomic mass is 9.82. The molecule has 0 bridgehead atoms. The first-order chi connectivity index (χ1) is 12.6. The van der Waals surface area contributed by atoms with E-state index in [4.69, 9.17) is 4.74 Å². The number of nitrogens with one attached hydrogen (secondary N) is 2. The van der Waals surface area contributed by atoms with Crippen molar-refractivity contribution in [2.75, 3.05) is 12.4 Å². The van der Waals surface area contributed by atoms with Crippen molar-refractivity contribution in [3.05, 3.63) is 36.3 Å². The molecule has 0 saturated carbocycles. The molecule has 0 atom stereocenters. The molecule has 0 radical (unpaired) electrons. The summed E-state index contributed by atoms with van der Waals surface area (Å²) in [5.41, 5.74) is 3.04. The second-order valence-corrected chi connectivity index (χ2v) is 8.75. The third-order valence-corrected chi connectivity index (χ3v) is 4.40. The van der Waals surface area contributed by atoms with E-state index in [2.05, 4.69) is 56.0 Å². The lowest BCUT2D eigenvalue weighted by molar-refractivity contribution is 0.302. The Hall–Kier alpha value is -2.94. The van der Waals surface area contributed by atoms with E-state index in [9.17, 15) is 5.26 Å². The average molecular weight is 365 g/mol. The topological polar surface area (TPSA) is 78.1 Å². The van der Waals surface area contributed by atoms with Crippen LogP contribution >= 0.6 is 0 Å². The van der Waals surface area contributed by atoms with Gasteiger partial charge in [-0.3, -0.25) is 4.40 Å². The highest BCUT2D eigenvalue weighted by Crippen LogP contribution is 2.35. The number of hydrogen-bond acceptors (Lipinski definition) is 4. The summed E-state index contributed by atoms with van der Waals surface area (Å²) in [7, 11) is 1.65. The van der Waals surface area contributed by atoms with Crippen molar-refractivity contribution in [3.63, 3.8) is 0 Å². The molecule has 0 spiro atoms. The van der Waals surface area contributed by atoms with Crippen LogP contribution in [0.25, 0.3) is 16.9 Å². The molecule has 27 heavy (non-hydrogen) atoms. The van der Waals surface area contributed by atoms with Gasteiger partial charge in [0.25, 0.3) is 0 Å². The third kappa shape index (κ3) is 3.92. The summed E-state index contributed by atoms with van der Waals surface area (Å²) in [5, 5.41) is 13.0. The van der Waals surface area contributed by atoms with Crippen molar-refractivity contribution in [1.82, 2.24) is 14.4 Å². The molecule has 0 aliphatic heterocycles. The Balaban J connectivity index is 2.11. The van der Waals surface area contributed by atoms with Crippen molar-refractivity contribution in [2.24, 2.45) is 5.41 Å². The van der Waals surface area contributed by atoms with Crippen LogP contribution in [-0.4, -0.2) is 27.0 Å². The molecule has 2 N–H and O–H groups in total. The Morgan fingerprint density at radius 2 is 1.85 bits per heavy atom. The Kier molecular flexibility index (Phi) is 4.64. The van der Waals surface area contributed by atoms with Crippen molar-refractivity contribution in [3.8, 4) is 23.1 Å². The molecule has 0 amide bonds. The fraction of sp³-hybridized carbons (Fsp3) is 0.429. The fourth-order valence-corrected chi connectivity index (χ4v) is 3.80. The van der Waals surface area contributed by atoms with Gasteiger partial charge in [0.1, 0.15) is 24.0 Å². The van der Waals surface area contributed by atoms with E-state index in [1.165, 1.54) is 0 Å². The zero-order chi connectivity index (χ0) is 19.8. The first-order valence-corrected chi connectivity index (χ1v) is 9.05. The number of anilines is 1. The number of H-pyrrole nitrogens is 1. The highest BCUT2D eigenvalue weighted by Gasteiger charge is 2.28. The zero-order valence-corrected chi connectivity index (χ0v) is 16.8. The van der Waals surface area contributed by atoms with Crippen LogP contribution in [0.15, 0.2) is 30.6 Å². The SMILES string of the molecule is COc1ccc(-c2[nH]c3c(C#N)ncn3c2NC(C)(C)CC(C)(C)C)cc1. The largest absolute Gasteiger partial charge is 0.497 e. The van der Waals surface area contributed by atoms with E-state index >= 15 is 0 Å². The lowest BCUT2D eigenvalue weighted by Gasteiger charge is -2.34. The number of hydrogen-bond donors (Lipinski definition) is 2. The first-order valence-electron chi connectivity index (χ1n) is 9.05. The maximum atomic E-state index is 9.37. The molecule has 3 rings (SSSR count). The molecule has 0 aliphatic rings. The van der Waals surface area contributed by atoms with Gasteiger partial charge in [0, 0.05) is 11.1 Å². The second kappa shape index (κ2) is 6.66. The van der Waals surface area contributed by atoms with Crippen molar-refractivity contribution >= 4 is 11.5 Å². The smallest absolute Gasteiger partial charge is 0.183 e. The van der Waals surface area contributed by atoms with Crippen LogP contribution in [0.1, 0.15) is 46.7 Å². The normalized spacial score (nSPS) is 12.2. The summed E-state index contributed by atoms with van der Waals surface area (Å²) in [4.78, 5) is 7.59. The van der Waals surface area contributed by atoms with Gasteiger partial charge >= 0.3 is 0 Å². The predicted molar refractivity (Wildman–Crippen MR) is 108 cm³/mol. The molecule has 0 saturated heterocycles. The Labute approximate surface area is 160 Å². The monoisotopic (exact) mass is 365 g/mol. The van der Waals surface area contributed by atoms with E-state index in [0.29, 0.717) is 11.3 Å². The van der Waals surface area contributed by atoms with E-state index < -0.39 is 0 Å². The number of nitrogens with zero attached hydrogens (tertiary/aromatic N) is 3.